The third kappa shape index (κ3) is 5.42. The summed E-state index contributed by atoms with van der Waals surface area (Å²) in [6, 6.07) is 8.84. The minimum atomic E-state index is -3.38. The van der Waals surface area contributed by atoms with Gasteiger partial charge >= 0.3 is 51.4 Å². The van der Waals surface area contributed by atoms with Crippen molar-refractivity contribution in [3.05, 3.63) is 35.9 Å². The molecule has 1 aromatic rings. The standard InChI is InChI=1S/C7H9NO2S.K.H/c8-11(9,10)6-7-4-2-1-3-5-7;;/h1-5H,6H2,(H2,8,9,10);;/q;+1;-1. The maximum absolute atomic E-state index is 10.6. The molecule has 3 nitrogen and oxygen atoms in total. The van der Waals surface area contributed by atoms with E-state index in [1.165, 1.54) is 0 Å². The average Bonchev–Trinajstić information content (AvgIpc) is 1.85. The van der Waals surface area contributed by atoms with E-state index in [0.29, 0.717) is 0 Å². The van der Waals surface area contributed by atoms with Crippen LogP contribution in [0.1, 0.15) is 6.99 Å². The van der Waals surface area contributed by atoms with E-state index < -0.39 is 10.0 Å². The Morgan fingerprint density at radius 2 is 1.75 bits per heavy atom. The molecule has 0 aliphatic rings. The number of hydrogen-bond acceptors (Lipinski definition) is 2. The van der Waals surface area contributed by atoms with Gasteiger partial charge in [0.2, 0.25) is 10.0 Å². The van der Waals surface area contributed by atoms with Crippen LogP contribution in [0.2, 0.25) is 0 Å². The van der Waals surface area contributed by atoms with Crippen molar-refractivity contribution in [2.75, 3.05) is 0 Å². The SMILES string of the molecule is NS(=O)(=O)Cc1ccccc1.[H-].[K+]. The molecule has 5 heteroatoms. The molecule has 0 heterocycles. The summed E-state index contributed by atoms with van der Waals surface area (Å²) in [6.45, 7) is 0. The Morgan fingerprint density at radius 3 is 2.17 bits per heavy atom. The molecule has 1 rings (SSSR count). The summed E-state index contributed by atoms with van der Waals surface area (Å²) in [5, 5.41) is 4.84. The maximum atomic E-state index is 10.6. The number of primary sulfonamides is 1. The average molecular weight is 211 g/mol. The van der Waals surface area contributed by atoms with Crippen LogP contribution in [0, 0.1) is 0 Å². The molecule has 0 aromatic heterocycles. The van der Waals surface area contributed by atoms with Crippen molar-refractivity contribution in [1.29, 1.82) is 0 Å². The minimum Gasteiger partial charge on any atom is -1.00 e. The Bertz CT molecular complexity index is 328. The van der Waals surface area contributed by atoms with E-state index in [2.05, 4.69) is 0 Å². The van der Waals surface area contributed by atoms with Gasteiger partial charge in [0.15, 0.2) is 0 Å². The first-order valence-electron chi connectivity index (χ1n) is 3.12. The molecule has 0 fully saturated rings. The fourth-order valence-electron chi connectivity index (χ4n) is 0.807. The summed E-state index contributed by atoms with van der Waals surface area (Å²) in [5.74, 6) is -0.0894. The topological polar surface area (TPSA) is 60.2 Å². The first kappa shape index (κ1) is 12.8. The van der Waals surface area contributed by atoms with Crippen molar-refractivity contribution >= 4 is 10.0 Å². The third-order valence-electron chi connectivity index (χ3n) is 1.21. The summed E-state index contributed by atoms with van der Waals surface area (Å²) in [4.78, 5) is 0. The zero-order chi connectivity index (χ0) is 8.32. The van der Waals surface area contributed by atoms with Crippen LogP contribution < -0.4 is 56.5 Å². The first-order valence-corrected chi connectivity index (χ1v) is 4.84. The van der Waals surface area contributed by atoms with E-state index in [0.717, 1.165) is 5.56 Å². The van der Waals surface area contributed by atoms with Gasteiger partial charge in [-0.2, -0.15) is 0 Å². The molecule has 0 bridgehead atoms. The number of rotatable bonds is 2. The maximum Gasteiger partial charge on any atom is 1.00 e. The Balaban J connectivity index is 0. The number of nitrogens with two attached hydrogens (primary N) is 1. The molecule has 0 amide bonds. The van der Waals surface area contributed by atoms with Crippen LogP contribution in [0.5, 0.6) is 0 Å². The van der Waals surface area contributed by atoms with Crippen molar-refractivity contribution in [2.45, 2.75) is 5.75 Å². The molecule has 2 N–H and O–H groups in total. The molecule has 0 saturated heterocycles. The summed E-state index contributed by atoms with van der Waals surface area (Å²) in [5.41, 5.74) is 0.718. The van der Waals surface area contributed by atoms with E-state index >= 15 is 0 Å². The van der Waals surface area contributed by atoms with E-state index in [1.807, 2.05) is 6.07 Å². The van der Waals surface area contributed by atoms with Gasteiger partial charge in [0.1, 0.15) is 0 Å². The van der Waals surface area contributed by atoms with Crippen LogP contribution >= 0.6 is 0 Å². The van der Waals surface area contributed by atoms with Crippen molar-refractivity contribution in [1.82, 2.24) is 0 Å². The molecule has 62 valence electrons. The molecule has 1 aromatic carbocycles. The monoisotopic (exact) mass is 211 g/mol. The molecule has 0 saturated carbocycles. The zero-order valence-corrected chi connectivity index (χ0v) is 10.8. The largest absolute Gasteiger partial charge is 1.00 e. The van der Waals surface area contributed by atoms with Gasteiger partial charge in [0, 0.05) is 0 Å². The normalized spacial score (nSPS) is 10.4. The fraction of sp³-hybridized carbons (Fsp3) is 0.143. The Morgan fingerprint density at radius 1 is 1.25 bits per heavy atom. The van der Waals surface area contributed by atoms with Crippen molar-refractivity contribution < 1.29 is 61.2 Å². The van der Waals surface area contributed by atoms with E-state index in [-0.39, 0.29) is 58.6 Å². The molecule has 0 aliphatic heterocycles. The zero-order valence-electron chi connectivity index (χ0n) is 7.90. The summed E-state index contributed by atoms with van der Waals surface area (Å²) < 4.78 is 21.2. The van der Waals surface area contributed by atoms with Crippen LogP contribution in [0.25, 0.3) is 0 Å². The first-order chi connectivity index (χ1) is 5.08. The molecule has 0 spiro atoms. The molecular weight excluding hydrogens is 201 g/mol. The van der Waals surface area contributed by atoms with Crippen LogP contribution in [0.4, 0.5) is 0 Å². The predicted octanol–water partition coefficient (Wildman–Crippen LogP) is -2.41. The number of sulfonamides is 1. The Hall–Kier alpha value is 0.766. The van der Waals surface area contributed by atoms with Crippen LogP contribution in [-0.4, -0.2) is 8.42 Å². The summed E-state index contributed by atoms with van der Waals surface area (Å²) in [7, 11) is -3.38. The molecule has 0 aliphatic carbocycles. The molecule has 12 heavy (non-hydrogen) atoms. The van der Waals surface area contributed by atoms with Crippen molar-refractivity contribution in [3.63, 3.8) is 0 Å². The second kappa shape index (κ2) is 5.49. The van der Waals surface area contributed by atoms with Crippen molar-refractivity contribution in [3.8, 4) is 0 Å². The molecule has 0 unspecified atom stereocenters. The summed E-state index contributed by atoms with van der Waals surface area (Å²) in [6.07, 6.45) is 0. The Labute approximate surface area is 116 Å². The molecule has 0 radical (unpaired) electrons. The second-order valence-corrected chi connectivity index (χ2v) is 3.91. The second-order valence-electron chi connectivity index (χ2n) is 2.29. The number of hydrogen-bond donors (Lipinski definition) is 1. The van der Waals surface area contributed by atoms with Gasteiger partial charge in [0.25, 0.3) is 0 Å². The van der Waals surface area contributed by atoms with Gasteiger partial charge in [0.05, 0.1) is 5.75 Å². The summed E-state index contributed by atoms with van der Waals surface area (Å²) >= 11 is 0. The van der Waals surface area contributed by atoms with Gasteiger partial charge in [-0.3, -0.25) is 0 Å². The van der Waals surface area contributed by atoms with Crippen LogP contribution in [-0.2, 0) is 15.8 Å². The predicted molar refractivity (Wildman–Crippen MR) is 44.4 cm³/mol. The quantitative estimate of drug-likeness (QED) is 0.554. The van der Waals surface area contributed by atoms with Gasteiger partial charge in [-0.25, -0.2) is 13.6 Å². The van der Waals surface area contributed by atoms with Gasteiger partial charge in [-0.1, -0.05) is 30.3 Å². The smallest absolute Gasteiger partial charge is 1.00 e. The van der Waals surface area contributed by atoms with Gasteiger partial charge in [-0.15, -0.1) is 0 Å². The third-order valence-corrected chi connectivity index (χ3v) is 1.95. The van der Waals surface area contributed by atoms with E-state index in [1.54, 1.807) is 24.3 Å². The van der Waals surface area contributed by atoms with E-state index in [4.69, 9.17) is 5.14 Å². The van der Waals surface area contributed by atoms with Gasteiger partial charge in [-0.05, 0) is 5.56 Å². The van der Waals surface area contributed by atoms with Gasteiger partial charge < -0.3 is 1.43 Å². The number of benzene rings is 1. The molecular formula is C7H10KNO2S. The Kier molecular flexibility index (Phi) is 5.84. The van der Waals surface area contributed by atoms with Crippen LogP contribution in [0.15, 0.2) is 30.3 Å². The van der Waals surface area contributed by atoms with E-state index in [9.17, 15) is 8.42 Å². The molecule has 0 atom stereocenters. The minimum absolute atomic E-state index is 0. The fourth-order valence-corrected chi connectivity index (χ4v) is 1.46. The van der Waals surface area contributed by atoms with Crippen molar-refractivity contribution in [2.24, 2.45) is 5.14 Å². The van der Waals surface area contributed by atoms with Crippen LogP contribution in [0.3, 0.4) is 0 Å².